The highest BCUT2D eigenvalue weighted by atomic mass is 32.1. The SMILES string of the molecule is Cc1ccc(N(C)N[C@H]2CC[C@H](N(C(=O)C3CCC(C)CC3)c3cc(C#CC(C)(C)C)sc3C(=O)O)CC2)nn1. The van der Waals surface area contributed by atoms with Crippen LogP contribution in [0.15, 0.2) is 18.2 Å². The molecule has 0 aliphatic heterocycles. The van der Waals surface area contributed by atoms with Crippen LogP contribution >= 0.6 is 11.3 Å². The highest BCUT2D eigenvalue weighted by Gasteiger charge is 2.37. The summed E-state index contributed by atoms with van der Waals surface area (Å²) in [5.74, 6) is 6.77. The van der Waals surface area contributed by atoms with Gasteiger partial charge in [-0.3, -0.25) is 9.80 Å². The molecule has 216 valence electrons. The van der Waals surface area contributed by atoms with Gasteiger partial charge < -0.3 is 10.0 Å². The van der Waals surface area contributed by atoms with E-state index in [0.29, 0.717) is 16.5 Å². The lowest BCUT2D eigenvalue weighted by atomic mass is 9.81. The Morgan fingerprint density at radius 1 is 1.05 bits per heavy atom. The van der Waals surface area contributed by atoms with E-state index < -0.39 is 5.97 Å². The van der Waals surface area contributed by atoms with Crippen molar-refractivity contribution in [1.82, 2.24) is 15.6 Å². The minimum Gasteiger partial charge on any atom is -0.477 e. The number of aromatic carboxylic acids is 1. The van der Waals surface area contributed by atoms with Crippen LogP contribution in [0.3, 0.4) is 0 Å². The first-order valence-corrected chi connectivity index (χ1v) is 15.3. The number of hydrogen-bond acceptors (Lipinski definition) is 7. The average molecular weight is 566 g/mol. The number of aryl methyl sites for hydroxylation is 1. The Morgan fingerprint density at radius 3 is 2.30 bits per heavy atom. The molecule has 2 aliphatic rings. The number of rotatable bonds is 7. The molecule has 0 bridgehead atoms. The predicted molar refractivity (Wildman–Crippen MR) is 161 cm³/mol. The Hall–Kier alpha value is -2.96. The number of carboxylic acids is 1. The van der Waals surface area contributed by atoms with Crippen molar-refractivity contribution in [3.8, 4) is 11.8 Å². The number of nitrogens with one attached hydrogen (secondary N) is 1. The van der Waals surface area contributed by atoms with E-state index in [4.69, 9.17) is 0 Å². The summed E-state index contributed by atoms with van der Waals surface area (Å²) in [5.41, 5.74) is 4.72. The number of aromatic nitrogens is 2. The van der Waals surface area contributed by atoms with Gasteiger partial charge >= 0.3 is 5.97 Å². The van der Waals surface area contributed by atoms with Crippen molar-refractivity contribution >= 4 is 34.7 Å². The van der Waals surface area contributed by atoms with E-state index in [1.807, 2.05) is 62.9 Å². The van der Waals surface area contributed by atoms with Gasteiger partial charge in [-0.15, -0.1) is 16.4 Å². The second-order valence-electron chi connectivity index (χ2n) is 12.5. The second-order valence-corrected chi connectivity index (χ2v) is 13.6. The molecule has 0 aromatic carbocycles. The molecule has 2 aliphatic carbocycles. The van der Waals surface area contributed by atoms with Crippen LogP contribution in [0.2, 0.25) is 0 Å². The van der Waals surface area contributed by atoms with Crippen LogP contribution in [-0.2, 0) is 4.79 Å². The molecule has 4 rings (SSSR count). The molecular weight excluding hydrogens is 522 g/mol. The molecule has 2 heterocycles. The van der Waals surface area contributed by atoms with Gasteiger partial charge in [-0.25, -0.2) is 10.2 Å². The van der Waals surface area contributed by atoms with Crippen LogP contribution in [0.4, 0.5) is 11.5 Å². The van der Waals surface area contributed by atoms with Crippen molar-refractivity contribution in [1.29, 1.82) is 0 Å². The van der Waals surface area contributed by atoms with Crippen molar-refractivity contribution in [2.45, 2.75) is 98.1 Å². The number of carboxylic acid groups (broad SMARTS) is 1. The molecular formula is C31H43N5O3S. The molecule has 9 heteroatoms. The minimum atomic E-state index is -1.00. The van der Waals surface area contributed by atoms with Gasteiger partial charge in [0.1, 0.15) is 4.88 Å². The maximum absolute atomic E-state index is 14.1. The van der Waals surface area contributed by atoms with Gasteiger partial charge in [-0.05, 0) is 103 Å². The normalized spacial score (nSPS) is 23.1. The number of carbonyl (C=O) groups excluding carboxylic acids is 1. The Bertz CT molecular complexity index is 1240. The topological polar surface area (TPSA) is 98.7 Å². The predicted octanol–water partition coefficient (Wildman–Crippen LogP) is 6.05. The van der Waals surface area contributed by atoms with Gasteiger partial charge in [-0.1, -0.05) is 18.8 Å². The second kappa shape index (κ2) is 12.7. The Kier molecular flexibility index (Phi) is 9.52. The number of hydrazine groups is 1. The molecule has 0 atom stereocenters. The lowest BCUT2D eigenvalue weighted by Crippen LogP contribution is -2.50. The zero-order valence-corrected chi connectivity index (χ0v) is 25.5. The largest absolute Gasteiger partial charge is 0.477 e. The summed E-state index contributed by atoms with van der Waals surface area (Å²) in [4.78, 5) is 29.3. The number of amides is 1. The molecule has 0 unspecified atom stereocenters. The first-order chi connectivity index (χ1) is 18.9. The number of carbonyl (C=O) groups is 2. The number of anilines is 2. The van der Waals surface area contributed by atoms with E-state index in [9.17, 15) is 14.7 Å². The zero-order chi connectivity index (χ0) is 29.0. The molecule has 0 spiro atoms. The van der Waals surface area contributed by atoms with Crippen LogP contribution in [-0.4, -0.2) is 46.3 Å². The molecule has 0 radical (unpaired) electrons. The smallest absolute Gasteiger partial charge is 0.348 e. The Balaban J connectivity index is 1.57. The lowest BCUT2D eigenvalue weighted by molar-refractivity contribution is -0.124. The zero-order valence-electron chi connectivity index (χ0n) is 24.7. The molecule has 2 saturated carbocycles. The fraction of sp³-hybridized carbons (Fsp3) is 0.613. The molecule has 2 N–H and O–H groups in total. The fourth-order valence-corrected chi connectivity index (χ4v) is 6.44. The van der Waals surface area contributed by atoms with Gasteiger partial charge in [0.2, 0.25) is 5.91 Å². The Labute approximate surface area is 242 Å². The monoisotopic (exact) mass is 565 g/mol. The van der Waals surface area contributed by atoms with Crippen LogP contribution in [0.5, 0.6) is 0 Å². The number of thiophene rings is 1. The molecule has 2 aromatic heterocycles. The van der Waals surface area contributed by atoms with E-state index in [0.717, 1.165) is 62.9 Å². The van der Waals surface area contributed by atoms with Crippen LogP contribution in [0.25, 0.3) is 0 Å². The maximum atomic E-state index is 14.1. The van der Waals surface area contributed by atoms with Crippen molar-refractivity contribution in [2.75, 3.05) is 17.0 Å². The van der Waals surface area contributed by atoms with E-state index in [1.54, 1.807) is 0 Å². The van der Waals surface area contributed by atoms with Crippen molar-refractivity contribution < 1.29 is 14.7 Å². The highest BCUT2D eigenvalue weighted by molar-refractivity contribution is 7.15. The first kappa shape index (κ1) is 30.0. The van der Waals surface area contributed by atoms with Crippen molar-refractivity contribution in [2.24, 2.45) is 17.3 Å². The summed E-state index contributed by atoms with van der Waals surface area (Å²) in [6.45, 7) is 10.2. The lowest BCUT2D eigenvalue weighted by Gasteiger charge is -2.40. The number of hydrogen-bond donors (Lipinski definition) is 2. The molecule has 0 saturated heterocycles. The van der Waals surface area contributed by atoms with Gasteiger partial charge in [0, 0.05) is 30.5 Å². The highest BCUT2D eigenvalue weighted by Crippen LogP contribution is 2.39. The van der Waals surface area contributed by atoms with Gasteiger partial charge in [0.05, 0.1) is 16.3 Å². The quantitative estimate of drug-likeness (QED) is 0.311. The summed E-state index contributed by atoms with van der Waals surface area (Å²) in [6, 6.07) is 5.89. The summed E-state index contributed by atoms with van der Waals surface area (Å²) >= 11 is 1.17. The average Bonchev–Trinajstić information content (AvgIpc) is 3.33. The van der Waals surface area contributed by atoms with E-state index in [-0.39, 0.29) is 34.2 Å². The first-order valence-electron chi connectivity index (χ1n) is 14.4. The maximum Gasteiger partial charge on any atom is 0.348 e. The van der Waals surface area contributed by atoms with E-state index >= 15 is 0 Å². The third kappa shape index (κ3) is 7.61. The summed E-state index contributed by atoms with van der Waals surface area (Å²) < 4.78 is 0. The van der Waals surface area contributed by atoms with Crippen LogP contribution in [0, 0.1) is 36.0 Å². The van der Waals surface area contributed by atoms with Gasteiger partial charge in [-0.2, -0.15) is 5.10 Å². The summed E-state index contributed by atoms with van der Waals surface area (Å²) in [5, 5.41) is 20.5. The molecule has 1 amide bonds. The molecule has 8 nitrogen and oxygen atoms in total. The van der Waals surface area contributed by atoms with E-state index in [1.165, 1.54) is 11.3 Å². The number of nitrogens with zero attached hydrogens (tertiary/aromatic N) is 4. The third-order valence-corrected chi connectivity index (χ3v) is 8.92. The molecule has 2 aromatic rings. The van der Waals surface area contributed by atoms with Gasteiger partial charge in [0.15, 0.2) is 5.82 Å². The van der Waals surface area contributed by atoms with Crippen molar-refractivity contribution in [3.05, 3.63) is 33.6 Å². The molecule has 2 fully saturated rings. The minimum absolute atomic E-state index is 0.0505. The van der Waals surface area contributed by atoms with Gasteiger partial charge in [0.25, 0.3) is 0 Å². The fourth-order valence-electron chi connectivity index (χ4n) is 5.60. The van der Waals surface area contributed by atoms with Crippen molar-refractivity contribution in [3.63, 3.8) is 0 Å². The third-order valence-electron chi connectivity index (χ3n) is 7.90. The molecule has 40 heavy (non-hydrogen) atoms. The Morgan fingerprint density at radius 2 is 1.73 bits per heavy atom. The summed E-state index contributed by atoms with van der Waals surface area (Å²) in [7, 11) is 1.94. The summed E-state index contributed by atoms with van der Waals surface area (Å²) in [6.07, 6.45) is 7.10. The standard InChI is InChI=1S/C31H43N5O3S/c1-20-7-10-22(11-8-20)29(37)36(26-19-25(17-18-31(3,4)5)40-28(26)30(38)39)24-14-12-23(13-15-24)34-35(6)27-16-9-21(2)32-33-27/h9,16,19-20,22-24,34H,7-8,10-15H2,1-6H3,(H,38,39)/t20?,22?,23-,24-. The van der Waals surface area contributed by atoms with E-state index in [2.05, 4.69) is 34.4 Å². The van der Waals surface area contributed by atoms with Crippen LogP contribution < -0.4 is 15.3 Å². The van der Waals surface area contributed by atoms with Crippen LogP contribution in [0.1, 0.15) is 99.3 Å².